The largest absolute Gasteiger partial charge is 0.391 e. The van der Waals surface area contributed by atoms with Crippen LogP contribution in [0.15, 0.2) is 35.5 Å². The summed E-state index contributed by atoms with van der Waals surface area (Å²) >= 11 is 0. The van der Waals surface area contributed by atoms with Gasteiger partial charge in [0.05, 0.1) is 6.10 Å². The van der Waals surface area contributed by atoms with E-state index in [2.05, 4.69) is 5.16 Å². The molecule has 0 unspecified atom stereocenters. The Balaban J connectivity index is 1.46. The van der Waals surface area contributed by atoms with E-state index in [-0.39, 0.29) is 6.29 Å². The number of hydrogen-bond acceptors (Lipinski definition) is 4. The van der Waals surface area contributed by atoms with Crippen LogP contribution in [0.3, 0.4) is 0 Å². The maximum absolute atomic E-state index is 5.91. The molecule has 1 saturated carbocycles. The van der Waals surface area contributed by atoms with Gasteiger partial charge in [-0.15, -0.1) is 0 Å². The molecule has 1 aromatic carbocycles. The lowest BCUT2D eigenvalue weighted by Crippen LogP contribution is -2.14. The zero-order valence-electron chi connectivity index (χ0n) is 12.5. The summed E-state index contributed by atoms with van der Waals surface area (Å²) in [6, 6.07) is 10.1. The fraction of sp³-hybridized carbons (Fsp3) is 0.588. The molecule has 4 heteroatoms. The Morgan fingerprint density at radius 1 is 1.29 bits per heavy atom. The number of rotatable bonds is 6. The van der Waals surface area contributed by atoms with Gasteiger partial charge in [0.2, 0.25) is 0 Å². The molecule has 0 N–H and O–H groups in total. The summed E-state index contributed by atoms with van der Waals surface area (Å²) in [7, 11) is 0. The van der Waals surface area contributed by atoms with Gasteiger partial charge in [-0.05, 0) is 31.2 Å². The van der Waals surface area contributed by atoms with Crippen LogP contribution in [0.25, 0.3) is 0 Å². The van der Waals surface area contributed by atoms with Gasteiger partial charge in [-0.3, -0.25) is 0 Å². The van der Waals surface area contributed by atoms with Crippen LogP contribution in [0.5, 0.6) is 0 Å². The molecule has 4 atom stereocenters. The molecule has 0 radical (unpaired) electrons. The van der Waals surface area contributed by atoms with Crippen LogP contribution in [0.2, 0.25) is 0 Å². The minimum atomic E-state index is -0.0218. The molecule has 3 rings (SSSR count). The summed E-state index contributed by atoms with van der Waals surface area (Å²) in [5.74, 6) is 0.988. The quantitative estimate of drug-likeness (QED) is 0.595. The van der Waals surface area contributed by atoms with Gasteiger partial charge in [0.15, 0.2) is 6.29 Å². The molecule has 1 heterocycles. The third-order valence-electron chi connectivity index (χ3n) is 4.36. The molecule has 114 valence electrons. The highest BCUT2D eigenvalue weighted by molar-refractivity contribution is 5.61. The summed E-state index contributed by atoms with van der Waals surface area (Å²) < 4.78 is 11.5. The second-order valence-corrected chi connectivity index (χ2v) is 5.71. The van der Waals surface area contributed by atoms with Crippen molar-refractivity contribution in [1.82, 2.24) is 0 Å². The number of nitrogens with zero attached hydrogens (tertiary/aromatic N) is 1. The van der Waals surface area contributed by atoms with Gasteiger partial charge in [0.1, 0.15) is 6.61 Å². The number of fused-ring (bicyclic) bond motifs is 1. The van der Waals surface area contributed by atoms with E-state index in [1.807, 2.05) is 43.5 Å². The Morgan fingerprint density at radius 3 is 2.95 bits per heavy atom. The molecule has 1 aliphatic carbocycles. The molecule has 4 nitrogen and oxygen atoms in total. The van der Waals surface area contributed by atoms with Gasteiger partial charge < -0.3 is 14.3 Å². The zero-order valence-corrected chi connectivity index (χ0v) is 12.5. The minimum Gasteiger partial charge on any atom is -0.391 e. The zero-order chi connectivity index (χ0) is 14.5. The molecular formula is C17H23NO3. The second-order valence-electron chi connectivity index (χ2n) is 5.71. The molecule has 0 spiro atoms. The van der Waals surface area contributed by atoms with Crippen molar-refractivity contribution >= 4 is 6.21 Å². The first-order chi connectivity index (χ1) is 10.4. The molecule has 0 amide bonds. The molecule has 1 saturated heterocycles. The maximum atomic E-state index is 5.91. The Kier molecular flexibility index (Phi) is 4.88. The van der Waals surface area contributed by atoms with Crippen molar-refractivity contribution in [3.63, 3.8) is 0 Å². The summed E-state index contributed by atoms with van der Waals surface area (Å²) in [5, 5.41) is 4.16. The van der Waals surface area contributed by atoms with E-state index in [0.29, 0.717) is 31.2 Å². The Hall–Kier alpha value is -1.39. The van der Waals surface area contributed by atoms with Gasteiger partial charge in [-0.25, -0.2) is 0 Å². The monoisotopic (exact) mass is 289 g/mol. The van der Waals surface area contributed by atoms with Gasteiger partial charge in [0, 0.05) is 25.2 Å². The van der Waals surface area contributed by atoms with E-state index in [0.717, 1.165) is 24.8 Å². The lowest BCUT2D eigenvalue weighted by molar-refractivity contribution is -0.130. The molecule has 1 aliphatic heterocycles. The predicted octanol–water partition coefficient (Wildman–Crippen LogP) is 3.37. The average Bonchev–Trinajstić information content (AvgIpc) is 3.06. The van der Waals surface area contributed by atoms with E-state index in [1.165, 1.54) is 0 Å². The van der Waals surface area contributed by atoms with Gasteiger partial charge in [-0.2, -0.15) is 0 Å². The van der Waals surface area contributed by atoms with Crippen LogP contribution in [0.4, 0.5) is 0 Å². The molecule has 21 heavy (non-hydrogen) atoms. The molecule has 0 aromatic heterocycles. The van der Waals surface area contributed by atoms with E-state index in [9.17, 15) is 0 Å². The predicted molar refractivity (Wildman–Crippen MR) is 80.8 cm³/mol. The van der Waals surface area contributed by atoms with Crippen molar-refractivity contribution in [2.75, 3.05) is 6.61 Å². The number of hydrogen-bond donors (Lipinski definition) is 0. The van der Waals surface area contributed by atoms with Crippen LogP contribution in [0.1, 0.15) is 31.7 Å². The first-order valence-electron chi connectivity index (χ1n) is 7.83. The summed E-state index contributed by atoms with van der Waals surface area (Å²) in [6.07, 6.45) is 5.49. The maximum Gasteiger partial charge on any atom is 0.158 e. The first-order valence-corrected chi connectivity index (χ1v) is 7.83. The highest BCUT2D eigenvalue weighted by atomic mass is 16.7. The van der Waals surface area contributed by atoms with Crippen molar-refractivity contribution in [3.8, 4) is 0 Å². The van der Waals surface area contributed by atoms with E-state index < -0.39 is 0 Å². The van der Waals surface area contributed by atoms with Crippen molar-refractivity contribution < 1.29 is 14.3 Å². The van der Waals surface area contributed by atoms with Crippen molar-refractivity contribution in [1.29, 1.82) is 0 Å². The normalized spacial score (nSPS) is 31.7. The SMILES string of the molecule is CCO[C@H]1C[C@H]2[C@H](/C=N/OCc3ccccc3)CC[C@H]2O1. The molecule has 1 aromatic rings. The van der Waals surface area contributed by atoms with Crippen LogP contribution in [0, 0.1) is 11.8 Å². The Bertz CT molecular complexity index is 462. The van der Waals surface area contributed by atoms with Gasteiger partial charge in [-0.1, -0.05) is 35.5 Å². The fourth-order valence-electron chi connectivity index (χ4n) is 3.31. The molecule has 2 aliphatic rings. The molecule has 0 bridgehead atoms. The van der Waals surface area contributed by atoms with Gasteiger partial charge >= 0.3 is 0 Å². The van der Waals surface area contributed by atoms with Crippen molar-refractivity contribution in [3.05, 3.63) is 35.9 Å². The van der Waals surface area contributed by atoms with Crippen LogP contribution in [-0.4, -0.2) is 25.2 Å². The van der Waals surface area contributed by atoms with E-state index in [4.69, 9.17) is 14.3 Å². The minimum absolute atomic E-state index is 0.0218. The Morgan fingerprint density at radius 2 is 2.14 bits per heavy atom. The third-order valence-corrected chi connectivity index (χ3v) is 4.36. The summed E-state index contributed by atoms with van der Waals surface area (Å²) in [5.41, 5.74) is 1.14. The second kappa shape index (κ2) is 7.05. The van der Waals surface area contributed by atoms with Crippen LogP contribution < -0.4 is 0 Å². The smallest absolute Gasteiger partial charge is 0.158 e. The number of oxime groups is 1. The molecular weight excluding hydrogens is 266 g/mol. The fourth-order valence-corrected chi connectivity index (χ4v) is 3.31. The van der Waals surface area contributed by atoms with Gasteiger partial charge in [0.25, 0.3) is 0 Å². The summed E-state index contributed by atoms with van der Waals surface area (Å²) in [6.45, 7) is 3.24. The highest BCUT2D eigenvalue weighted by Crippen LogP contribution is 2.42. The topological polar surface area (TPSA) is 40.0 Å². The van der Waals surface area contributed by atoms with E-state index >= 15 is 0 Å². The van der Waals surface area contributed by atoms with Crippen LogP contribution >= 0.6 is 0 Å². The average molecular weight is 289 g/mol. The standard InChI is InChI=1S/C17H23NO3/c1-2-19-17-10-15-14(8-9-16(15)21-17)11-18-20-12-13-6-4-3-5-7-13/h3-7,11,14-17H,2,8-10,12H2,1H3/b18-11+/t14-,15-,16+,17+/m0/s1. The lowest BCUT2D eigenvalue weighted by Gasteiger charge is -2.12. The Labute approximate surface area is 126 Å². The number of benzene rings is 1. The lowest BCUT2D eigenvalue weighted by atomic mass is 9.94. The third kappa shape index (κ3) is 3.63. The summed E-state index contributed by atoms with van der Waals surface area (Å²) in [4.78, 5) is 5.40. The van der Waals surface area contributed by atoms with Crippen LogP contribution in [-0.2, 0) is 20.9 Å². The highest BCUT2D eigenvalue weighted by Gasteiger charge is 2.44. The first kappa shape index (κ1) is 14.5. The number of ether oxygens (including phenoxy) is 2. The van der Waals surface area contributed by atoms with E-state index in [1.54, 1.807) is 0 Å². The van der Waals surface area contributed by atoms with Crippen molar-refractivity contribution in [2.24, 2.45) is 17.0 Å². The molecule has 2 fully saturated rings. The van der Waals surface area contributed by atoms with Crippen molar-refractivity contribution in [2.45, 2.75) is 45.2 Å².